The fourth-order valence-electron chi connectivity index (χ4n) is 3.46. The third-order valence-corrected chi connectivity index (χ3v) is 4.26. The molecular weight excluding hydrogens is 231 g/mol. The lowest BCUT2D eigenvalue weighted by Gasteiger charge is -2.24. The quantitative estimate of drug-likeness (QED) is 0.768. The minimum absolute atomic E-state index is 0. The fraction of sp³-hybridized carbons (Fsp3) is 1.00. The van der Waals surface area contributed by atoms with Crippen LogP contribution in [-0.4, -0.2) is 37.1 Å². The minimum atomic E-state index is 0. The van der Waals surface area contributed by atoms with Gasteiger partial charge < -0.3 is 5.32 Å². The molecule has 15 heavy (non-hydrogen) atoms. The SMILES string of the molecule is C1CCC(N2C[C@H]3CNC[C@H]3C2)C1.Cl.Cl. The molecule has 2 heterocycles. The standard InChI is InChI=1S/C11H20N2.2ClH/c1-2-4-11(3-1)13-7-9-5-12-6-10(9)8-13;;/h9-12H,1-8H2;2*1H/t9-,10+;;. The topological polar surface area (TPSA) is 15.3 Å². The Bertz CT molecular complexity index is 183. The molecule has 0 bridgehead atoms. The van der Waals surface area contributed by atoms with Crippen LogP contribution in [0, 0.1) is 11.8 Å². The molecule has 3 fully saturated rings. The van der Waals surface area contributed by atoms with Gasteiger partial charge in [0.25, 0.3) is 0 Å². The van der Waals surface area contributed by atoms with Crippen molar-refractivity contribution >= 4 is 24.8 Å². The van der Waals surface area contributed by atoms with Crippen molar-refractivity contribution in [2.45, 2.75) is 31.7 Å². The van der Waals surface area contributed by atoms with Gasteiger partial charge in [0.15, 0.2) is 0 Å². The molecule has 0 aromatic rings. The smallest absolute Gasteiger partial charge is 0.00955 e. The van der Waals surface area contributed by atoms with Crippen LogP contribution in [0.25, 0.3) is 0 Å². The van der Waals surface area contributed by atoms with Crippen molar-refractivity contribution in [2.24, 2.45) is 11.8 Å². The van der Waals surface area contributed by atoms with Crippen LogP contribution in [0.2, 0.25) is 0 Å². The zero-order chi connectivity index (χ0) is 8.67. The van der Waals surface area contributed by atoms with E-state index in [0.717, 1.165) is 17.9 Å². The van der Waals surface area contributed by atoms with Gasteiger partial charge >= 0.3 is 0 Å². The Morgan fingerprint density at radius 3 is 1.93 bits per heavy atom. The Hall–Kier alpha value is 0.500. The Morgan fingerprint density at radius 2 is 1.40 bits per heavy atom. The lowest BCUT2D eigenvalue weighted by atomic mass is 10.0. The van der Waals surface area contributed by atoms with Crippen molar-refractivity contribution in [2.75, 3.05) is 26.2 Å². The predicted octanol–water partition coefficient (Wildman–Crippen LogP) is 1.92. The molecule has 2 aliphatic heterocycles. The molecule has 3 aliphatic rings. The number of rotatable bonds is 1. The van der Waals surface area contributed by atoms with Gasteiger partial charge in [-0.3, -0.25) is 4.90 Å². The number of halogens is 2. The molecule has 90 valence electrons. The van der Waals surface area contributed by atoms with Crippen LogP contribution in [-0.2, 0) is 0 Å². The van der Waals surface area contributed by atoms with E-state index in [1.165, 1.54) is 51.9 Å². The summed E-state index contributed by atoms with van der Waals surface area (Å²) in [5, 5.41) is 3.51. The predicted molar refractivity (Wildman–Crippen MR) is 68.2 cm³/mol. The van der Waals surface area contributed by atoms with Gasteiger partial charge in [-0.2, -0.15) is 0 Å². The van der Waals surface area contributed by atoms with Crippen molar-refractivity contribution in [3.8, 4) is 0 Å². The molecule has 0 unspecified atom stereocenters. The molecule has 0 amide bonds. The highest BCUT2D eigenvalue weighted by Crippen LogP contribution is 2.32. The van der Waals surface area contributed by atoms with E-state index in [4.69, 9.17) is 0 Å². The summed E-state index contributed by atoms with van der Waals surface area (Å²) in [6, 6.07) is 0.964. The van der Waals surface area contributed by atoms with E-state index in [-0.39, 0.29) is 24.8 Å². The summed E-state index contributed by atoms with van der Waals surface area (Å²) in [4.78, 5) is 2.78. The molecule has 0 aromatic heterocycles. The molecule has 0 spiro atoms. The Morgan fingerprint density at radius 1 is 0.867 bits per heavy atom. The zero-order valence-corrected chi connectivity index (χ0v) is 10.8. The molecule has 2 atom stereocenters. The van der Waals surface area contributed by atoms with Gasteiger partial charge in [-0.1, -0.05) is 12.8 Å². The molecule has 2 nitrogen and oxygen atoms in total. The summed E-state index contributed by atoms with van der Waals surface area (Å²) in [7, 11) is 0. The van der Waals surface area contributed by atoms with Crippen molar-refractivity contribution < 1.29 is 0 Å². The number of nitrogens with zero attached hydrogens (tertiary/aromatic N) is 1. The van der Waals surface area contributed by atoms with Crippen molar-refractivity contribution in [3.05, 3.63) is 0 Å². The molecule has 1 saturated carbocycles. The summed E-state index contributed by atoms with van der Waals surface area (Å²) >= 11 is 0. The van der Waals surface area contributed by atoms with Gasteiger partial charge in [-0.05, 0) is 37.8 Å². The number of nitrogens with one attached hydrogen (secondary N) is 1. The van der Waals surface area contributed by atoms with E-state index in [2.05, 4.69) is 10.2 Å². The van der Waals surface area contributed by atoms with Gasteiger partial charge in [0, 0.05) is 19.1 Å². The van der Waals surface area contributed by atoms with Crippen LogP contribution in [0.1, 0.15) is 25.7 Å². The maximum absolute atomic E-state index is 3.51. The van der Waals surface area contributed by atoms with Gasteiger partial charge in [0.1, 0.15) is 0 Å². The number of hydrogen-bond acceptors (Lipinski definition) is 2. The lowest BCUT2D eigenvalue weighted by Crippen LogP contribution is -2.33. The second-order valence-corrected chi connectivity index (χ2v) is 5.07. The third-order valence-electron chi connectivity index (χ3n) is 4.26. The van der Waals surface area contributed by atoms with E-state index >= 15 is 0 Å². The van der Waals surface area contributed by atoms with E-state index in [9.17, 15) is 0 Å². The van der Waals surface area contributed by atoms with Gasteiger partial charge in [-0.25, -0.2) is 0 Å². The number of hydrogen-bond donors (Lipinski definition) is 1. The van der Waals surface area contributed by atoms with Crippen LogP contribution in [0.4, 0.5) is 0 Å². The molecule has 0 aromatic carbocycles. The largest absolute Gasteiger partial charge is 0.316 e. The third kappa shape index (κ3) is 2.60. The van der Waals surface area contributed by atoms with Crippen LogP contribution < -0.4 is 5.32 Å². The van der Waals surface area contributed by atoms with Crippen LogP contribution >= 0.6 is 24.8 Å². The summed E-state index contributed by atoms with van der Waals surface area (Å²) in [5.41, 5.74) is 0. The first-order valence-corrected chi connectivity index (χ1v) is 5.88. The Labute approximate surface area is 105 Å². The average Bonchev–Trinajstić information content (AvgIpc) is 2.78. The lowest BCUT2D eigenvalue weighted by molar-refractivity contribution is 0.229. The molecule has 3 rings (SSSR count). The normalized spacial score (nSPS) is 36.0. The maximum Gasteiger partial charge on any atom is 0.00955 e. The van der Waals surface area contributed by atoms with E-state index in [1.54, 1.807) is 0 Å². The highest BCUT2D eigenvalue weighted by Gasteiger charge is 2.38. The van der Waals surface area contributed by atoms with E-state index in [1.807, 2.05) is 0 Å². The summed E-state index contributed by atoms with van der Waals surface area (Å²) in [6.07, 6.45) is 5.92. The zero-order valence-electron chi connectivity index (χ0n) is 9.15. The molecule has 1 aliphatic carbocycles. The summed E-state index contributed by atoms with van der Waals surface area (Å²) in [6.45, 7) is 5.35. The number of fused-ring (bicyclic) bond motifs is 1. The second kappa shape index (κ2) is 5.72. The van der Waals surface area contributed by atoms with Gasteiger partial charge in [0.05, 0.1) is 0 Å². The Balaban J connectivity index is 0.000000562. The van der Waals surface area contributed by atoms with Crippen LogP contribution in [0.15, 0.2) is 0 Å². The van der Waals surface area contributed by atoms with Gasteiger partial charge in [-0.15, -0.1) is 24.8 Å². The first kappa shape index (κ1) is 13.6. The molecule has 1 N–H and O–H groups in total. The van der Waals surface area contributed by atoms with Crippen molar-refractivity contribution in [1.29, 1.82) is 0 Å². The second-order valence-electron chi connectivity index (χ2n) is 5.07. The Kier molecular flexibility index (Phi) is 5.17. The minimum Gasteiger partial charge on any atom is -0.316 e. The molecule has 2 saturated heterocycles. The number of likely N-dealkylation sites (tertiary alicyclic amines) is 1. The van der Waals surface area contributed by atoms with Crippen molar-refractivity contribution in [1.82, 2.24) is 10.2 Å². The average molecular weight is 253 g/mol. The first-order valence-electron chi connectivity index (χ1n) is 5.88. The highest BCUT2D eigenvalue weighted by molar-refractivity contribution is 5.85. The van der Waals surface area contributed by atoms with E-state index < -0.39 is 0 Å². The van der Waals surface area contributed by atoms with Crippen molar-refractivity contribution in [3.63, 3.8) is 0 Å². The fourth-order valence-corrected chi connectivity index (χ4v) is 3.46. The van der Waals surface area contributed by atoms with E-state index in [0.29, 0.717) is 0 Å². The van der Waals surface area contributed by atoms with Crippen LogP contribution in [0.5, 0.6) is 0 Å². The summed E-state index contributed by atoms with van der Waals surface area (Å²) < 4.78 is 0. The first-order chi connectivity index (χ1) is 6.43. The maximum atomic E-state index is 3.51. The van der Waals surface area contributed by atoms with Gasteiger partial charge in [0.2, 0.25) is 0 Å². The molecular formula is C11H22Cl2N2. The monoisotopic (exact) mass is 252 g/mol. The molecule has 4 heteroatoms. The molecule has 0 radical (unpaired) electrons. The highest BCUT2D eigenvalue weighted by atomic mass is 35.5. The van der Waals surface area contributed by atoms with Crippen LogP contribution in [0.3, 0.4) is 0 Å². The summed E-state index contributed by atoms with van der Waals surface area (Å²) in [5.74, 6) is 1.97.